The average Bonchev–Trinajstić information content (AvgIpc) is 3.90. The van der Waals surface area contributed by atoms with E-state index in [1.54, 1.807) is 11.3 Å². The van der Waals surface area contributed by atoms with Crippen molar-refractivity contribution in [3.63, 3.8) is 0 Å². The van der Waals surface area contributed by atoms with Gasteiger partial charge in [-0.3, -0.25) is 14.5 Å². The van der Waals surface area contributed by atoms with E-state index >= 15 is 0 Å². The summed E-state index contributed by atoms with van der Waals surface area (Å²) in [5, 5.41) is 7.70. The molecule has 3 aromatic heterocycles. The number of alkyl halides is 6. The van der Waals surface area contributed by atoms with Gasteiger partial charge in [0, 0.05) is 54.5 Å². The minimum Gasteiger partial charge on any atom is -0.449 e. The highest BCUT2D eigenvalue weighted by Gasteiger charge is 2.44. The van der Waals surface area contributed by atoms with Crippen LogP contribution >= 0.6 is 34.0 Å². The van der Waals surface area contributed by atoms with Crippen molar-refractivity contribution < 1.29 is 54.9 Å². The maximum absolute atomic E-state index is 13.2. The van der Waals surface area contributed by atoms with Crippen LogP contribution in [0.2, 0.25) is 0 Å². The van der Waals surface area contributed by atoms with Crippen molar-refractivity contribution in [1.82, 2.24) is 25.1 Å². The minimum atomic E-state index is -5.35. The summed E-state index contributed by atoms with van der Waals surface area (Å²) in [6.45, 7) is 7.75. The number of hydrogen-bond donors (Lipinski definition) is 2. The number of likely N-dealkylation sites (tertiary alicyclic amines) is 1. The number of thiophene rings is 1. The van der Waals surface area contributed by atoms with E-state index in [0.717, 1.165) is 53.5 Å². The predicted octanol–water partition coefficient (Wildman–Crippen LogP) is 6.18. The van der Waals surface area contributed by atoms with Crippen LogP contribution in [0.3, 0.4) is 0 Å². The minimum absolute atomic E-state index is 0.0705. The molecule has 56 heavy (non-hydrogen) atoms. The van der Waals surface area contributed by atoms with Crippen LogP contribution in [0, 0.1) is 0 Å². The number of thiazole rings is 2. The summed E-state index contributed by atoms with van der Waals surface area (Å²) >= 11 is 3.50. The lowest BCUT2D eigenvalue weighted by Crippen LogP contribution is -2.57. The molecule has 1 spiro atoms. The van der Waals surface area contributed by atoms with Crippen LogP contribution in [0.15, 0.2) is 33.8 Å². The molecule has 4 aromatic rings. The Bertz CT molecular complexity index is 2100. The smallest absolute Gasteiger partial charge is 0.449 e. The highest BCUT2D eigenvalue weighted by Crippen LogP contribution is 2.36. The number of ether oxygens (including phenoxy) is 3. The van der Waals surface area contributed by atoms with Crippen molar-refractivity contribution in [2.75, 3.05) is 45.9 Å². The number of morpholine rings is 1. The van der Waals surface area contributed by atoms with Crippen molar-refractivity contribution in [1.29, 1.82) is 0 Å². The Kier molecular flexibility index (Phi) is 12.6. The van der Waals surface area contributed by atoms with Crippen LogP contribution < -0.4 is 14.9 Å². The third-order valence-electron chi connectivity index (χ3n) is 9.38. The summed E-state index contributed by atoms with van der Waals surface area (Å²) in [5.74, 6) is -5.57. The third-order valence-corrected chi connectivity index (χ3v) is 12.4. The zero-order chi connectivity index (χ0) is 40.4. The van der Waals surface area contributed by atoms with Gasteiger partial charge in [-0.05, 0) is 54.9 Å². The topological polar surface area (TPSA) is 143 Å². The van der Waals surface area contributed by atoms with Crippen molar-refractivity contribution >= 4 is 62.1 Å². The maximum atomic E-state index is 13.2. The van der Waals surface area contributed by atoms with Crippen molar-refractivity contribution in [3.8, 4) is 5.75 Å². The van der Waals surface area contributed by atoms with Gasteiger partial charge in [0.15, 0.2) is 5.75 Å². The molecule has 0 saturated carbocycles. The molecule has 6 rings (SSSR count). The van der Waals surface area contributed by atoms with E-state index in [4.69, 9.17) is 9.47 Å². The van der Waals surface area contributed by atoms with Crippen LogP contribution in [-0.2, 0) is 32.0 Å². The molecule has 304 valence electrons. The second-order valence-electron chi connectivity index (χ2n) is 13.8. The molecule has 5 heterocycles. The normalized spacial score (nSPS) is 17.1. The largest absolute Gasteiger partial charge is 0.491 e. The third kappa shape index (κ3) is 9.97. The summed E-state index contributed by atoms with van der Waals surface area (Å²) in [6.07, 6.45) is -10.3. The van der Waals surface area contributed by atoms with E-state index in [1.807, 2.05) is 35.6 Å². The predicted molar refractivity (Wildman–Crippen MR) is 195 cm³/mol. The molecule has 2 fully saturated rings. The fourth-order valence-electron chi connectivity index (χ4n) is 6.52. The first-order chi connectivity index (χ1) is 26.4. The van der Waals surface area contributed by atoms with Crippen LogP contribution in [-0.4, -0.2) is 101 Å². The van der Waals surface area contributed by atoms with E-state index in [0.29, 0.717) is 49.7 Å². The lowest BCUT2D eigenvalue weighted by Gasteiger charge is -2.47. The number of hydrogen-bond acceptors (Lipinski definition) is 13. The Morgan fingerprint density at radius 2 is 1.77 bits per heavy atom. The highest BCUT2D eigenvalue weighted by atomic mass is 32.1. The Hall–Kier alpha value is -3.89. The van der Waals surface area contributed by atoms with E-state index in [9.17, 15) is 45.5 Å². The first-order valence-electron chi connectivity index (χ1n) is 17.5. The van der Waals surface area contributed by atoms with E-state index < -0.39 is 46.6 Å². The molecule has 2 aliphatic rings. The van der Waals surface area contributed by atoms with Gasteiger partial charge in [-0.1, -0.05) is 25.2 Å². The number of nitrogens with one attached hydrogen (secondary N) is 2. The lowest BCUT2D eigenvalue weighted by atomic mass is 9.89. The van der Waals surface area contributed by atoms with Crippen LogP contribution in [0.4, 0.5) is 26.3 Å². The number of fused-ring (bicyclic) bond motifs is 1. The van der Waals surface area contributed by atoms with Gasteiger partial charge in [-0.2, -0.15) is 26.3 Å². The first kappa shape index (κ1) is 41.7. The molecule has 2 N–H and O–H groups in total. The van der Waals surface area contributed by atoms with Crippen molar-refractivity contribution in [3.05, 3.63) is 65.3 Å². The average molecular weight is 850 g/mol. The number of esters is 2. The van der Waals surface area contributed by atoms with Crippen molar-refractivity contribution in [2.24, 2.45) is 0 Å². The molecule has 12 nitrogen and oxygen atoms in total. The molecule has 2 aliphatic heterocycles. The molecule has 0 unspecified atom stereocenters. The van der Waals surface area contributed by atoms with Gasteiger partial charge in [0.25, 0.3) is 5.91 Å². The van der Waals surface area contributed by atoms with Crippen LogP contribution in [0.1, 0.15) is 70.2 Å². The van der Waals surface area contributed by atoms with Gasteiger partial charge in [-0.15, -0.1) is 22.7 Å². The summed E-state index contributed by atoms with van der Waals surface area (Å²) < 4.78 is 93.4. The summed E-state index contributed by atoms with van der Waals surface area (Å²) in [5.41, 5.74) is 0.549. The van der Waals surface area contributed by atoms with Crippen molar-refractivity contribution in [2.45, 2.75) is 69.6 Å². The molecule has 0 bridgehead atoms. The number of benzene rings is 1. The molecule has 1 amide bonds. The number of aromatic amines is 1. The molecule has 0 aliphatic carbocycles. The maximum Gasteiger partial charge on any atom is 0.491 e. The zero-order valence-corrected chi connectivity index (χ0v) is 32.5. The number of amides is 1. The molecule has 1 aromatic carbocycles. The molecular weight excluding hydrogens is 813 g/mol. The standard InChI is InChI=1S/C35H37F6N5O7S3/c1-19(2)28-43-23(17-55-28)29(47)46-11-12-51-33(18-46)6-9-45(10-7-33)15-21-13-20(16-54-21)5-8-42-14-25(53-31(49)35(39,40)41)22-3-4-24(52-30(48)34(36,37)38)26-27(22)56-32(50)44-26/h3-4,13,16-17,19,25,42H,5-12,14-15,18H2,1-2H3,(H,44,50)/t25-/m0/s1. The number of halogens is 6. The van der Waals surface area contributed by atoms with E-state index in [1.165, 1.54) is 11.3 Å². The quantitative estimate of drug-likeness (QED) is 0.0734. The van der Waals surface area contributed by atoms with Gasteiger partial charge < -0.3 is 29.4 Å². The Labute approximate surface area is 327 Å². The molecule has 1 atom stereocenters. The Morgan fingerprint density at radius 1 is 1.04 bits per heavy atom. The van der Waals surface area contributed by atoms with Gasteiger partial charge in [0.05, 0.1) is 28.5 Å². The zero-order valence-electron chi connectivity index (χ0n) is 30.0. The van der Waals surface area contributed by atoms with Gasteiger partial charge >= 0.3 is 29.2 Å². The second kappa shape index (κ2) is 16.9. The Morgan fingerprint density at radius 3 is 2.45 bits per heavy atom. The van der Waals surface area contributed by atoms with Crippen LogP contribution in [0.5, 0.6) is 5.75 Å². The molecule has 21 heteroatoms. The molecule has 2 saturated heterocycles. The van der Waals surface area contributed by atoms with Gasteiger partial charge in [0.1, 0.15) is 17.3 Å². The SMILES string of the molecule is CC(C)c1nc(C(=O)N2CCOC3(CCN(Cc4cc(CCNC[C@H](OC(=O)C(F)(F)F)c5ccc(OC(=O)C(F)(F)F)c6[nH]c(=O)sc56)cs4)CC3)C2)cs1. The van der Waals surface area contributed by atoms with Crippen LogP contribution in [0.25, 0.3) is 10.2 Å². The number of carbonyl (C=O) groups is 3. The Balaban J connectivity index is 1.02. The lowest BCUT2D eigenvalue weighted by molar-refractivity contribution is -0.205. The molecule has 0 radical (unpaired) electrons. The van der Waals surface area contributed by atoms with E-state index in [-0.39, 0.29) is 40.7 Å². The number of H-pyrrole nitrogens is 1. The first-order valence-corrected chi connectivity index (χ1v) is 20.1. The number of nitrogens with zero attached hydrogens (tertiary/aromatic N) is 3. The monoisotopic (exact) mass is 849 g/mol. The summed E-state index contributed by atoms with van der Waals surface area (Å²) in [6, 6.07) is 3.95. The van der Waals surface area contributed by atoms with Gasteiger partial charge in [-0.25, -0.2) is 14.6 Å². The molecular formula is C35H37F6N5O7S3. The summed E-state index contributed by atoms with van der Waals surface area (Å²) in [4.78, 5) is 60.0. The highest BCUT2D eigenvalue weighted by molar-refractivity contribution is 7.16. The number of piperidine rings is 1. The summed E-state index contributed by atoms with van der Waals surface area (Å²) in [7, 11) is 0. The number of rotatable bonds is 12. The second-order valence-corrected chi connectivity index (χ2v) is 16.7. The van der Waals surface area contributed by atoms with E-state index in [2.05, 4.69) is 24.9 Å². The fraction of sp³-hybridized carbons (Fsp3) is 0.514. The number of aromatic nitrogens is 2. The van der Waals surface area contributed by atoms with Gasteiger partial charge in [0.2, 0.25) is 0 Å². The fourth-order valence-corrected chi connectivity index (χ4v) is 9.20. The number of carbonyl (C=O) groups excluding carboxylic acids is 3.